The normalized spacial score (nSPS) is 10.9. The van der Waals surface area contributed by atoms with E-state index < -0.39 is 0 Å². The van der Waals surface area contributed by atoms with Gasteiger partial charge in [-0.25, -0.2) is 0 Å². The van der Waals surface area contributed by atoms with Gasteiger partial charge in [-0.15, -0.1) is 0 Å². The molecule has 0 spiro atoms. The molecule has 0 bridgehead atoms. The predicted octanol–water partition coefficient (Wildman–Crippen LogP) is 5.74. The van der Waals surface area contributed by atoms with Crippen LogP contribution >= 0.6 is 0 Å². The Morgan fingerprint density at radius 3 is 2.26 bits per heavy atom. The average Bonchev–Trinajstić information content (AvgIpc) is 2.69. The SMILES string of the molecule is CCOc1c(C)cc(C)cc1C=NN(Cc1ccccc1)c1ccccc1. The molecule has 0 heterocycles. The van der Waals surface area contributed by atoms with Gasteiger partial charge in [0.2, 0.25) is 0 Å². The van der Waals surface area contributed by atoms with E-state index in [9.17, 15) is 0 Å². The maximum Gasteiger partial charge on any atom is 0.131 e. The van der Waals surface area contributed by atoms with Crippen LogP contribution in [0.15, 0.2) is 77.9 Å². The van der Waals surface area contributed by atoms with Crippen molar-refractivity contribution < 1.29 is 4.74 Å². The molecule has 3 heteroatoms. The quantitative estimate of drug-likeness (QED) is 0.397. The third kappa shape index (κ3) is 4.98. The molecule has 3 nitrogen and oxygen atoms in total. The molecular weight excluding hydrogens is 332 g/mol. The number of nitrogens with zero attached hydrogens (tertiary/aromatic N) is 2. The van der Waals surface area contributed by atoms with Crippen molar-refractivity contribution >= 4 is 11.9 Å². The number of aryl methyl sites for hydroxylation is 2. The van der Waals surface area contributed by atoms with Gasteiger partial charge in [0.25, 0.3) is 0 Å². The van der Waals surface area contributed by atoms with Crippen molar-refractivity contribution in [1.82, 2.24) is 0 Å². The van der Waals surface area contributed by atoms with Crippen molar-refractivity contribution in [2.24, 2.45) is 5.10 Å². The van der Waals surface area contributed by atoms with E-state index in [0.717, 1.165) is 22.6 Å². The fraction of sp³-hybridized carbons (Fsp3) is 0.208. The highest BCUT2D eigenvalue weighted by molar-refractivity contribution is 5.85. The summed E-state index contributed by atoms with van der Waals surface area (Å²) < 4.78 is 5.87. The highest BCUT2D eigenvalue weighted by Gasteiger charge is 2.09. The summed E-state index contributed by atoms with van der Waals surface area (Å²) in [6.45, 7) is 7.52. The summed E-state index contributed by atoms with van der Waals surface area (Å²) in [5, 5.41) is 6.83. The molecule has 3 aromatic carbocycles. The Labute approximate surface area is 161 Å². The fourth-order valence-electron chi connectivity index (χ4n) is 3.11. The molecule has 0 aromatic heterocycles. The summed E-state index contributed by atoms with van der Waals surface area (Å²) >= 11 is 0. The molecule has 0 saturated heterocycles. The van der Waals surface area contributed by atoms with Crippen LogP contribution in [0.4, 0.5) is 5.69 Å². The molecule has 0 saturated carbocycles. The minimum absolute atomic E-state index is 0.636. The molecule has 3 aromatic rings. The van der Waals surface area contributed by atoms with E-state index in [0.29, 0.717) is 13.2 Å². The summed E-state index contributed by atoms with van der Waals surface area (Å²) in [7, 11) is 0. The third-order valence-electron chi connectivity index (χ3n) is 4.30. The fourth-order valence-corrected chi connectivity index (χ4v) is 3.11. The number of anilines is 1. The van der Waals surface area contributed by atoms with E-state index in [1.54, 1.807) is 0 Å². The van der Waals surface area contributed by atoms with E-state index in [2.05, 4.69) is 62.4 Å². The molecule has 138 valence electrons. The molecule has 27 heavy (non-hydrogen) atoms. The number of ether oxygens (including phenoxy) is 1. The van der Waals surface area contributed by atoms with E-state index in [1.165, 1.54) is 11.1 Å². The highest BCUT2D eigenvalue weighted by atomic mass is 16.5. The lowest BCUT2D eigenvalue weighted by atomic mass is 10.1. The van der Waals surface area contributed by atoms with Crippen molar-refractivity contribution in [2.45, 2.75) is 27.3 Å². The first-order valence-corrected chi connectivity index (χ1v) is 9.32. The van der Waals surface area contributed by atoms with Crippen LogP contribution in [0.25, 0.3) is 0 Å². The van der Waals surface area contributed by atoms with Crippen molar-refractivity contribution in [2.75, 3.05) is 11.6 Å². The number of hydrogen-bond donors (Lipinski definition) is 0. The summed E-state index contributed by atoms with van der Waals surface area (Å²) in [5.41, 5.74) is 5.60. The predicted molar refractivity (Wildman–Crippen MR) is 114 cm³/mol. The molecule has 0 radical (unpaired) electrons. The Bertz CT molecular complexity index is 889. The van der Waals surface area contributed by atoms with Gasteiger partial charge in [-0.2, -0.15) is 5.10 Å². The summed E-state index contributed by atoms with van der Waals surface area (Å²) in [6.07, 6.45) is 1.90. The number of para-hydroxylation sites is 1. The minimum atomic E-state index is 0.636. The Balaban J connectivity index is 1.94. The zero-order valence-electron chi connectivity index (χ0n) is 16.2. The van der Waals surface area contributed by atoms with Crippen molar-refractivity contribution in [3.8, 4) is 5.75 Å². The lowest BCUT2D eigenvalue weighted by Crippen LogP contribution is -2.16. The second-order valence-corrected chi connectivity index (χ2v) is 6.56. The summed E-state index contributed by atoms with van der Waals surface area (Å²) in [4.78, 5) is 0. The molecule has 0 aliphatic carbocycles. The number of rotatable bonds is 7. The van der Waals surface area contributed by atoms with Crippen LogP contribution in [0.3, 0.4) is 0 Å². The van der Waals surface area contributed by atoms with E-state index >= 15 is 0 Å². The molecule has 0 N–H and O–H groups in total. The largest absolute Gasteiger partial charge is 0.493 e. The van der Waals surface area contributed by atoms with Crippen molar-refractivity contribution in [3.63, 3.8) is 0 Å². The van der Waals surface area contributed by atoms with Gasteiger partial charge in [0.15, 0.2) is 0 Å². The van der Waals surface area contributed by atoms with Gasteiger partial charge in [-0.3, -0.25) is 5.01 Å². The number of hydrogen-bond acceptors (Lipinski definition) is 3. The number of benzene rings is 3. The lowest BCUT2D eigenvalue weighted by molar-refractivity contribution is 0.337. The molecule has 3 rings (SSSR count). The van der Waals surface area contributed by atoms with Gasteiger partial charge in [-0.1, -0.05) is 54.6 Å². The van der Waals surface area contributed by atoms with Crippen LogP contribution in [-0.2, 0) is 6.54 Å². The van der Waals surface area contributed by atoms with Gasteiger partial charge < -0.3 is 4.74 Å². The van der Waals surface area contributed by atoms with E-state index in [1.807, 2.05) is 42.4 Å². The topological polar surface area (TPSA) is 24.8 Å². The van der Waals surface area contributed by atoms with Gasteiger partial charge in [0.05, 0.1) is 25.1 Å². The second-order valence-electron chi connectivity index (χ2n) is 6.56. The monoisotopic (exact) mass is 358 g/mol. The summed E-state index contributed by atoms with van der Waals surface area (Å²) in [6, 6.07) is 24.9. The Kier molecular flexibility index (Phi) is 6.26. The first kappa shape index (κ1) is 18.7. The van der Waals surface area contributed by atoms with Crippen LogP contribution in [0.1, 0.15) is 29.2 Å². The van der Waals surface area contributed by atoms with Crippen molar-refractivity contribution in [3.05, 3.63) is 95.1 Å². The van der Waals surface area contributed by atoms with Crippen LogP contribution in [0.5, 0.6) is 5.75 Å². The van der Waals surface area contributed by atoms with Gasteiger partial charge in [-0.05, 0) is 55.7 Å². The first-order chi connectivity index (χ1) is 13.2. The zero-order chi connectivity index (χ0) is 19.1. The maximum atomic E-state index is 5.87. The standard InChI is InChI=1S/C24H26N2O/c1-4-27-24-20(3)15-19(2)16-22(24)17-25-26(23-13-9-6-10-14-23)18-21-11-7-5-8-12-21/h5-17H,4,18H2,1-3H3. The highest BCUT2D eigenvalue weighted by Crippen LogP contribution is 2.25. The van der Waals surface area contributed by atoms with E-state index in [4.69, 9.17) is 9.84 Å². The lowest BCUT2D eigenvalue weighted by Gasteiger charge is -2.20. The van der Waals surface area contributed by atoms with Crippen LogP contribution in [0.2, 0.25) is 0 Å². The summed E-state index contributed by atoms with van der Waals surface area (Å²) in [5.74, 6) is 0.902. The molecule has 0 unspecified atom stereocenters. The van der Waals surface area contributed by atoms with Crippen LogP contribution < -0.4 is 9.75 Å². The van der Waals surface area contributed by atoms with Gasteiger partial charge >= 0.3 is 0 Å². The molecule has 0 fully saturated rings. The van der Waals surface area contributed by atoms with Gasteiger partial charge in [0, 0.05) is 5.56 Å². The minimum Gasteiger partial charge on any atom is -0.493 e. The van der Waals surface area contributed by atoms with Gasteiger partial charge in [0.1, 0.15) is 5.75 Å². The van der Waals surface area contributed by atoms with Crippen molar-refractivity contribution in [1.29, 1.82) is 0 Å². The Morgan fingerprint density at radius 2 is 1.59 bits per heavy atom. The van der Waals surface area contributed by atoms with Crippen LogP contribution in [-0.4, -0.2) is 12.8 Å². The maximum absolute atomic E-state index is 5.87. The molecular formula is C24H26N2O. The molecule has 0 aliphatic rings. The molecule has 0 aliphatic heterocycles. The van der Waals surface area contributed by atoms with Crippen LogP contribution in [0, 0.1) is 13.8 Å². The van der Waals surface area contributed by atoms with E-state index in [-0.39, 0.29) is 0 Å². The first-order valence-electron chi connectivity index (χ1n) is 9.32. The zero-order valence-corrected chi connectivity index (χ0v) is 16.2. The smallest absolute Gasteiger partial charge is 0.131 e. The molecule has 0 amide bonds. The Morgan fingerprint density at radius 1 is 0.926 bits per heavy atom. The third-order valence-corrected chi connectivity index (χ3v) is 4.30. The number of hydrazone groups is 1. The Hall–Kier alpha value is -3.07. The average molecular weight is 358 g/mol. The molecule has 0 atom stereocenters. The second kappa shape index (κ2) is 9.04.